The molecule has 8 nitrogen and oxygen atoms in total. The van der Waals surface area contributed by atoms with Gasteiger partial charge in [0.05, 0.1) is 13.2 Å². The Morgan fingerprint density at radius 2 is 1.80 bits per heavy atom. The van der Waals surface area contributed by atoms with E-state index in [-0.39, 0.29) is 6.61 Å². The third-order valence-electron chi connectivity index (χ3n) is 4.79. The van der Waals surface area contributed by atoms with Gasteiger partial charge >= 0.3 is 11.9 Å². The van der Waals surface area contributed by atoms with Crippen LogP contribution in [0.15, 0.2) is 43.0 Å². The number of carbonyl (C=O) groups excluding carboxylic acids is 2. The van der Waals surface area contributed by atoms with Crippen LogP contribution in [0.5, 0.6) is 0 Å². The lowest BCUT2D eigenvalue weighted by Gasteiger charge is -2.48. The quantitative estimate of drug-likeness (QED) is 0.360. The molecular weight excluding hydrogens is 392 g/mol. The molecule has 3 rings (SSSR count). The van der Waals surface area contributed by atoms with Gasteiger partial charge in [-0.2, -0.15) is 0 Å². The first-order valence-electron chi connectivity index (χ1n) is 10.0. The minimum atomic E-state index is -0.967. The van der Waals surface area contributed by atoms with E-state index in [0.29, 0.717) is 6.61 Å². The van der Waals surface area contributed by atoms with Gasteiger partial charge in [-0.05, 0) is 12.8 Å². The lowest BCUT2D eigenvalue weighted by atomic mass is 9.97. The van der Waals surface area contributed by atoms with Crippen molar-refractivity contribution in [3.63, 3.8) is 0 Å². The van der Waals surface area contributed by atoms with E-state index in [1.807, 2.05) is 30.3 Å². The molecule has 30 heavy (non-hydrogen) atoms. The first-order valence-corrected chi connectivity index (χ1v) is 10.0. The zero-order chi connectivity index (χ0) is 21.5. The van der Waals surface area contributed by atoms with Crippen molar-refractivity contribution in [1.82, 2.24) is 0 Å². The van der Waals surface area contributed by atoms with E-state index >= 15 is 0 Å². The van der Waals surface area contributed by atoms with Gasteiger partial charge in [-0.15, -0.1) is 6.58 Å². The van der Waals surface area contributed by atoms with Gasteiger partial charge in [-0.3, -0.25) is 9.59 Å². The van der Waals surface area contributed by atoms with E-state index in [2.05, 4.69) is 6.58 Å². The number of hydrogen-bond acceptors (Lipinski definition) is 8. The monoisotopic (exact) mass is 420 g/mol. The highest BCUT2D eigenvalue weighted by Crippen LogP contribution is 2.36. The lowest BCUT2D eigenvalue weighted by molar-refractivity contribution is -0.362. The van der Waals surface area contributed by atoms with E-state index in [1.165, 1.54) is 13.8 Å². The van der Waals surface area contributed by atoms with Crippen LogP contribution >= 0.6 is 0 Å². The van der Waals surface area contributed by atoms with Crippen molar-refractivity contribution in [2.24, 2.45) is 0 Å². The molecule has 0 bridgehead atoms. The SMILES string of the molecule is C=CCCCO[C@@H]1O[C@@H]2CO[C@@H](c3ccccc3)O[C@H]2[C@H](OC(C)=O)[C@H]1OC(C)=O. The molecule has 0 spiro atoms. The minimum Gasteiger partial charge on any atom is -0.455 e. The number of rotatable bonds is 8. The van der Waals surface area contributed by atoms with Crippen LogP contribution in [0, 0.1) is 0 Å². The smallest absolute Gasteiger partial charge is 0.303 e. The second-order valence-corrected chi connectivity index (χ2v) is 7.17. The Morgan fingerprint density at radius 3 is 2.47 bits per heavy atom. The molecular formula is C22H28O8. The van der Waals surface area contributed by atoms with E-state index in [4.69, 9.17) is 28.4 Å². The van der Waals surface area contributed by atoms with Crippen LogP contribution < -0.4 is 0 Å². The molecule has 0 unspecified atom stereocenters. The molecule has 164 valence electrons. The molecule has 2 aliphatic rings. The fraction of sp³-hybridized carbons (Fsp3) is 0.545. The van der Waals surface area contributed by atoms with Crippen LogP contribution in [0.2, 0.25) is 0 Å². The third-order valence-corrected chi connectivity index (χ3v) is 4.79. The van der Waals surface area contributed by atoms with Crippen molar-refractivity contribution in [1.29, 1.82) is 0 Å². The Balaban J connectivity index is 1.81. The summed E-state index contributed by atoms with van der Waals surface area (Å²) in [5, 5.41) is 0. The number of allylic oxidation sites excluding steroid dienone is 1. The molecule has 1 aromatic carbocycles. The Hall–Kier alpha value is -2.26. The molecule has 2 fully saturated rings. The number of carbonyl (C=O) groups is 2. The highest BCUT2D eigenvalue weighted by atomic mass is 16.8. The van der Waals surface area contributed by atoms with E-state index in [1.54, 1.807) is 6.08 Å². The minimum absolute atomic E-state index is 0.210. The fourth-order valence-electron chi connectivity index (χ4n) is 3.53. The predicted octanol–water partition coefficient (Wildman–Crippen LogP) is 2.67. The Kier molecular flexibility index (Phi) is 7.98. The Labute approximate surface area is 176 Å². The molecule has 1 aromatic rings. The molecule has 0 N–H and O–H groups in total. The van der Waals surface area contributed by atoms with Crippen LogP contribution in [0.3, 0.4) is 0 Å². The van der Waals surface area contributed by atoms with Crippen molar-refractivity contribution in [3.05, 3.63) is 48.6 Å². The molecule has 2 saturated heterocycles. The van der Waals surface area contributed by atoms with E-state index in [9.17, 15) is 9.59 Å². The molecule has 2 heterocycles. The maximum Gasteiger partial charge on any atom is 0.303 e. The average molecular weight is 420 g/mol. The van der Waals surface area contributed by atoms with E-state index < -0.39 is 48.9 Å². The molecule has 0 amide bonds. The maximum atomic E-state index is 11.8. The molecule has 0 aromatic heterocycles. The lowest BCUT2D eigenvalue weighted by Crippen LogP contribution is -2.64. The highest BCUT2D eigenvalue weighted by Gasteiger charge is 2.53. The number of esters is 2. The summed E-state index contributed by atoms with van der Waals surface area (Å²) >= 11 is 0. The number of unbranched alkanes of at least 4 members (excludes halogenated alkanes) is 1. The summed E-state index contributed by atoms with van der Waals surface area (Å²) in [6, 6.07) is 9.41. The van der Waals surface area contributed by atoms with Crippen molar-refractivity contribution in [2.75, 3.05) is 13.2 Å². The number of hydrogen-bond donors (Lipinski definition) is 0. The average Bonchev–Trinajstić information content (AvgIpc) is 2.73. The second kappa shape index (κ2) is 10.7. The largest absolute Gasteiger partial charge is 0.455 e. The summed E-state index contributed by atoms with van der Waals surface area (Å²) in [6.07, 6.45) is -1.38. The standard InChI is InChI=1S/C22H28O8/c1-4-5-9-12-25-22-20(28-15(3)24)19(27-14(2)23)18-17(29-22)13-26-21(30-18)16-10-7-6-8-11-16/h4,6-8,10-11,17-22H,1,5,9,12-13H2,2-3H3/t17-,18-,19+,20-,21-,22-/m1/s1. The molecule has 6 atom stereocenters. The first-order chi connectivity index (χ1) is 14.5. The van der Waals surface area contributed by atoms with Crippen LogP contribution in [0.25, 0.3) is 0 Å². The zero-order valence-electron chi connectivity index (χ0n) is 17.2. The summed E-state index contributed by atoms with van der Waals surface area (Å²) in [6.45, 7) is 6.84. The molecule has 0 radical (unpaired) electrons. The van der Waals surface area contributed by atoms with Crippen LogP contribution in [0.1, 0.15) is 38.5 Å². The van der Waals surface area contributed by atoms with Gasteiger partial charge in [0, 0.05) is 19.4 Å². The van der Waals surface area contributed by atoms with Gasteiger partial charge in [0.1, 0.15) is 12.2 Å². The Morgan fingerprint density at radius 1 is 1.10 bits per heavy atom. The zero-order valence-corrected chi connectivity index (χ0v) is 17.2. The van der Waals surface area contributed by atoms with Gasteiger partial charge in [-0.25, -0.2) is 0 Å². The van der Waals surface area contributed by atoms with Gasteiger partial charge < -0.3 is 28.4 Å². The third kappa shape index (κ3) is 5.66. The molecule has 2 aliphatic heterocycles. The molecule has 0 saturated carbocycles. The van der Waals surface area contributed by atoms with Crippen LogP contribution in [-0.4, -0.2) is 55.9 Å². The van der Waals surface area contributed by atoms with Crippen LogP contribution in [0.4, 0.5) is 0 Å². The number of fused-ring (bicyclic) bond motifs is 1. The van der Waals surface area contributed by atoms with Crippen LogP contribution in [-0.2, 0) is 38.0 Å². The molecule has 0 aliphatic carbocycles. The van der Waals surface area contributed by atoms with E-state index in [0.717, 1.165) is 18.4 Å². The second-order valence-electron chi connectivity index (χ2n) is 7.17. The summed E-state index contributed by atoms with van der Waals surface area (Å²) in [5.41, 5.74) is 0.823. The highest BCUT2D eigenvalue weighted by molar-refractivity contribution is 5.67. The Bertz CT molecular complexity index is 721. The van der Waals surface area contributed by atoms with Gasteiger partial charge in [0.25, 0.3) is 0 Å². The topological polar surface area (TPSA) is 89.5 Å². The van der Waals surface area contributed by atoms with Gasteiger partial charge in [-0.1, -0.05) is 36.4 Å². The van der Waals surface area contributed by atoms with Crippen molar-refractivity contribution in [2.45, 2.75) is 63.7 Å². The normalized spacial score (nSPS) is 30.7. The summed E-state index contributed by atoms with van der Waals surface area (Å²) in [5.74, 6) is -1.06. The summed E-state index contributed by atoms with van der Waals surface area (Å²) in [7, 11) is 0. The van der Waals surface area contributed by atoms with Gasteiger partial charge in [0.2, 0.25) is 0 Å². The number of benzene rings is 1. The van der Waals surface area contributed by atoms with Crippen molar-refractivity contribution < 1.29 is 38.0 Å². The summed E-state index contributed by atoms with van der Waals surface area (Å²) in [4.78, 5) is 23.6. The summed E-state index contributed by atoms with van der Waals surface area (Å²) < 4.78 is 34.8. The fourth-order valence-corrected chi connectivity index (χ4v) is 3.53. The van der Waals surface area contributed by atoms with Crippen molar-refractivity contribution >= 4 is 11.9 Å². The number of ether oxygens (including phenoxy) is 6. The van der Waals surface area contributed by atoms with Gasteiger partial charge in [0.15, 0.2) is 24.8 Å². The first kappa shape index (κ1) is 22.4. The maximum absolute atomic E-state index is 11.8. The molecule has 8 heteroatoms. The predicted molar refractivity (Wildman–Crippen MR) is 105 cm³/mol. The van der Waals surface area contributed by atoms with Crippen molar-refractivity contribution in [3.8, 4) is 0 Å².